The number of aryl methyl sites for hydroxylation is 1. The minimum Gasteiger partial charge on any atom is -0.324 e. The summed E-state index contributed by atoms with van der Waals surface area (Å²) in [4.78, 5) is 15.9. The zero-order valence-electron chi connectivity index (χ0n) is 11.0. The fourth-order valence-electron chi connectivity index (χ4n) is 1.66. The minimum absolute atomic E-state index is 0.119. The second-order valence-electron chi connectivity index (χ2n) is 4.51. The highest BCUT2D eigenvalue weighted by Crippen LogP contribution is 2.09. The number of nitrogens with zero attached hydrogens (tertiary/aromatic N) is 3. The van der Waals surface area contributed by atoms with Gasteiger partial charge in [-0.25, -0.2) is 9.67 Å². The third-order valence-electron chi connectivity index (χ3n) is 2.57. The van der Waals surface area contributed by atoms with E-state index in [0.29, 0.717) is 5.82 Å². The fraction of sp³-hybridized carbons (Fsp3) is 0.308. The average molecular weight is 259 g/mol. The normalized spacial score (nSPS) is 12.2. The number of nitrogens with two attached hydrogens (primary N) is 1. The molecule has 3 N–H and O–H groups in total. The summed E-state index contributed by atoms with van der Waals surface area (Å²) in [5, 5.41) is 6.94. The van der Waals surface area contributed by atoms with Crippen molar-refractivity contribution in [1.29, 1.82) is 0 Å². The molecule has 6 nitrogen and oxygen atoms in total. The van der Waals surface area contributed by atoms with Gasteiger partial charge in [-0.15, -0.1) is 0 Å². The molecule has 2 rings (SSSR count). The first kappa shape index (κ1) is 13.2. The quantitative estimate of drug-likeness (QED) is 0.865. The molecule has 0 spiro atoms. The maximum Gasteiger partial charge on any atom is 0.246 e. The van der Waals surface area contributed by atoms with E-state index in [2.05, 4.69) is 15.4 Å². The lowest BCUT2D eigenvalue weighted by Gasteiger charge is -2.05. The second kappa shape index (κ2) is 5.62. The molecule has 1 aromatic heterocycles. The minimum atomic E-state index is -0.235. The molecule has 0 saturated heterocycles. The molecule has 0 aliphatic rings. The van der Waals surface area contributed by atoms with E-state index in [9.17, 15) is 4.79 Å². The van der Waals surface area contributed by atoms with E-state index < -0.39 is 0 Å². The Morgan fingerprint density at radius 1 is 1.53 bits per heavy atom. The molecule has 0 aliphatic carbocycles. The van der Waals surface area contributed by atoms with Gasteiger partial charge in [-0.3, -0.25) is 4.79 Å². The third-order valence-corrected chi connectivity index (χ3v) is 2.57. The highest BCUT2D eigenvalue weighted by atomic mass is 16.2. The summed E-state index contributed by atoms with van der Waals surface area (Å²) in [6.07, 6.45) is 1.51. The molecule has 1 amide bonds. The van der Waals surface area contributed by atoms with Crippen LogP contribution < -0.4 is 11.1 Å². The summed E-state index contributed by atoms with van der Waals surface area (Å²) >= 11 is 0. The van der Waals surface area contributed by atoms with Crippen LogP contribution in [-0.2, 0) is 11.3 Å². The predicted octanol–water partition coefficient (Wildman–Crippen LogP) is 1.24. The van der Waals surface area contributed by atoms with Gasteiger partial charge in [-0.2, -0.15) is 5.10 Å². The molecule has 0 radical (unpaired) electrons. The van der Waals surface area contributed by atoms with Crippen LogP contribution in [0.2, 0.25) is 0 Å². The van der Waals surface area contributed by atoms with Crippen LogP contribution in [0.5, 0.6) is 0 Å². The smallest absolute Gasteiger partial charge is 0.246 e. The molecule has 0 saturated carbocycles. The van der Waals surface area contributed by atoms with Crippen LogP contribution in [0.25, 0.3) is 0 Å². The van der Waals surface area contributed by atoms with E-state index in [1.165, 1.54) is 11.0 Å². The Kier molecular flexibility index (Phi) is 3.91. The van der Waals surface area contributed by atoms with Gasteiger partial charge in [0.15, 0.2) is 5.82 Å². The van der Waals surface area contributed by atoms with E-state index in [1.807, 2.05) is 31.2 Å². The van der Waals surface area contributed by atoms with Gasteiger partial charge in [0.1, 0.15) is 12.9 Å². The number of hydrogen-bond donors (Lipinski definition) is 2. The molecule has 1 atom stereocenters. The molecule has 100 valence electrons. The van der Waals surface area contributed by atoms with Gasteiger partial charge in [-0.1, -0.05) is 12.1 Å². The van der Waals surface area contributed by atoms with E-state index >= 15 is 0 Å². The van der Waals surface area contributed by atoms with Gasteiger partial charge in [-0.05, 0) is 31.5 Å². The molecule has 0 bridgehead atoms. The van der Waals surface area contributed by atoms with E-state index in [4.69, 9.17) is 5.73 Å². The zero-order chi connectivity index (χ0) is 13.8. The first-order chi connectivity index (χ1) is 9.04. The standard InChI is InChI=1S/C13H17N5O/c1-9-4-3-5-11(6-9)16-12(19)7-18-8-15-13(17-18)10(2)14/h3-6,8,10H,7,14H2,1-2H3,(H,16,19). The number of aromatic nitrogens is 3. The fourth-order valence-corrected chi connectivity index (χ4v) is 1.66. The van der Waals surface area contributed by atoms with Crippen molar-refractivity contribution in [3.05, 3.63) is 42.0 Å². The van der Waals surface area contributed by atoms with Crippen LogP contribution in [0.1, 0.15) is 24.4 Å². The van der Waals surface area contributed by atoms with Crippen LogP contribution in [0.15, 0.2) is 30.6 Å². The van der Waals surface area contributed by atoms with Crippen molar-refractivity contribution in [2.24, 2.45) is 5.73 Å². The summed E-state index contributed by atoms with van der Waals surface area (Å²) in [6.45, 7) is 3.89. The van der Waals surface area contributed by atoms with Crippen molar-refractivity contribution >= 4 is 11.6 Å². The van der Waals surface area contributed by atoms with Crippen LogP contribution in [0.3, 0.4) is 0 Å². The first-order valence-corrected chi connectivity index (χ1v) is 6.06. The number of rotatable bonds is 4. The lowest BCUT2D eigenvalue weighted by molar-refractivity contribution is -0.116. The van der Waals surface area contributed by atoms with Crippen molar-refractivity contribution in [2.45, 2.75) is 26.4 Å². The highest BCUT2D eigenvalue weighted by Gasteiger charge is 2.08. The van der Waals surface area contributed by atoms with Crippen molar-refractivity contribution in [3.63, 3.8) is 0 Å². The zero-order valence-corrected chi connectivity index (χ0v) is 11.0. The maximum absolute atomic E-state index is 11.8. The monoisotopic (exact) mass is 259 g/mol. The molecule has 1 heterocycles. The van der Waals surface area contributed by atoms with Crippen LogP contribution in [0, 0.1) is 6.92 Å². The number of nitrogens with one attached hydrogen (secondary N) is 1. The van der Waals surface area contributed by atoms with E-state index in [1.54, 1.807) is 6.92 Å². The molecule has 0 aliphatic heterocycles. The number of carbonyl (C=O) groups excluding carboxylic acids is 1. The second-order valence-corrected chi connectivity index (χ2v) is 4.51. The van der Waals surface area contributed by atoms with E-state index in [0.717, 1.165) is 11.3 Å². The molecular weight excluding hydrogens is 242 g/mol. The molecular formula is C13H17N5O. The lowest BCUT2D eigenvalue weighted by Crippen LogP contribution is -2.19. The summed E-state index contributed by atoms with van der Waals surface area (Å²) in [5.74, 6) is 0.384. The summed E-state index contributed by atoms with van der Waals surface area (Å²) in [7, 11) is 0. The van der Waals surface area contributed by atoms with Gasteiger partial charge in [0.25, 0.3) is 0 Å². The van der Waals surface area contributed by atoms with Gasteiger partial charge >= 0.3 is 0 Å². The number of amides is 1. The van der Waals surface area contributed by atoms with Gasteiger partial charge in [0.2, 0.25) is 5.91 Å². The molecule has 0 fully saturated rings. The van der Waals surface area contributed by atoms with Crippen molar-refractivity contribution in [2.75, 3.05) is 5.32 Å². The number of carbonyl (C=O) groups is 1. The van der Waals surface area contributed by atoms with Gasteiger partial charge in [0, 0.05) is 5.69 Å². The Balaban J connectivity index is 1.97. The SMILES string of the molecule is Cc1cccc(NC(=O)Cn2cnc(C(C)N)n2)c1. The molecule has 2 aromatic rings. The predicted molar refractivity (Wildman–Crippen MR) is 72.4 cm³/mol. The van der Waals surface area contributed by atoms with Crippen LogP contribution in [0.4, 0.5) is 5.69 Å². The van der Waals surface area contributed by atoms with Crippen LogP contribution >= 0.6 is 0 Å². The highest BCUT2D eigenvalue weighted by molar-refractivity contribution is 5.90. The largest absolute Gasteiger partial charge is 0.324 e. The number of anilines is 1. The molecule has 1 unspecified atom stereocenters. The molecule has 1 aromatic carbocycles. The van der Waals surface area contributed by atoms with Crippen molar-refractivity contribution in [3.8, 4) is 0 Å². The van der Waals surface area contributed by atoms with E-state index in [-0.39, 0.29) is 18.5 Å². The lowest BCUT2D eigenvalue weighted by atomic mass is 10.2. The maximum atomic E-state index is 11.8. The molecule has 6 heteroatoms. The Morgan fingerprint density at radius 2 is 2.32 bits per heavy atom. The van der Waals surface area contributed by atoms with Gasteiger partial charge in [0.05, 0.1) is 6.04 Å². The Labute approximate surface area is 111 Å². The number of benzene rings is 1. The average Bonchev–Trinajstić information content (AvgIpc) is 2.77. The van der Waals surface area contributed by atoms with Crippen molar-refractivity contribution in [1.82, 2.24) is 14.8 Å². The third kappa shape index (κ3) is 3.62. The Hall–Kier alpha value is -2.21. The first-order valence-electron chi connectivity index (χ1n) is 6.06. The summed E-state index contributed by atoms with van der Waals surface area (Å²) < 4.78 is 1.48. The summed E-state index contributed by atoms with van der Waals surface area (Å²) in [6, 6.07) is 7.39. The van der Waals surface area contributed by atoms with Crippen molar-refractivity contribution < 1.29 is 4.79 Å². The van der Waals surface area contributed by atoms with Crippen LogP contribution in [-0.4, -0.2) is 20.7 Å². The Morgan fingerprint density at radius 3 is 2.95 bits per heavy atom. The summed E-state index contributed by atoms with van der Waals surface area (Å²) in [5.41, 5.74) is 7.53. The van der Waals surface area contributed by atoms with Gasteiger partial charge < -0.3 is 11.1 Å². The topological polar surface area (TPSA) is 85.8 Å². The molecule has 19 heavy (non-hydrogen) atoms. The Bertz CT molecular complexity index is 576. The number of hydrogen-bond acceptors (Lipinski definition) is 4.